The molecule has 0 aliphatic heterocycles. The minimum absolute atomic E-state index is 0.0354. The Morgan fingerprint density at radius 2 is 1.56 bits per heavy atom. The van der Waals surface area contributed by atoms with Gasteiger partial charge in [-0.2, -0.15) is 0 Å². The van der Waals surface area contributed by atoms with Crippen molar-refractivity contribution in [1.29, 1.82) is 0 Å². The highest BCUT2D eigenvalue weighted by Gasteiger charge is 2.65. The number of nitrogens with zero attached hydrogens (tertiary/aromatic N) is 1. The van der Waals surface area contributed by atoms with E-state index in [-0.39, 0.29) is 17.1 Å². The van der Waals surface area contributed by atoms with Crippen molar-refractivity contribution in [2.45, 2.75) is 4.90 Å². The maximum Gasteiger partial charge on any atom is 0.311 e. The van der Waals surface area contributed by atoms with E-state index in [2.05, 4.69) is 4.98 Å². The van der Waals surface area contributed by atoms with E-state index in [1.165, 1.54) is 18.2 Å². The summed E-state index contributed by atoms with van der Waals surface area (Å²) >= 11 is 0. The molecule has 0 unspecified atom stereocenters. The molecule has 0 bridgehead atoms. The Balaban J connectivity index is 2.75. The van der Waals surface area contributed by atoms with Crippen LogP contribution in [0.2, 0.25) is 0 Å². The van der Waals surface area contributed by atoms with Gasteiger partial charge >= 0.3 is 10.2 Å². The van der Waals surface area contributed by atoms with Crippen molar-refractivity contribution in [3.8, 4) is 0 Å². The van der Waals surface area contributed by atoms with Crippen molar-refractivity contribution >= 4 is 21.1 Å². The van der Waals surface area contributed by atoms with Gasteiger partial charge in [0.15, 0.2) is 0 Å². The van der Waals surface area contributed by atoms with E-state index >= 15 is 0 Å². The van der Waals surface area contributed by atoms with Crippen molar-refractivity contribution in [2.24, 2.45) is 0 Å². The van der Waals surface area contributed by atoms with Crippen LogP contribution in [0.4, 0.5) is 19.4 Å². The van der Waals surface area contributed by atoms with Gasteiger partial charge in [0.1, 0.15) is 4.90 Å². The fourth-order valence-electron chi connectivity index (χ4n) is 1.26. The van der Waals surface area contributed by atoms with Gasteiger partial charge in [-0.05, 0) is 12.1 Å². The van der Waals surface area contributed by atoms with Gasteiger partial charge in [0.2, 0.25) is 0 Å². The molecule has 1 aromatic heterocycles. The number of pyridine rings is 1. The molecule has 0 amide bonds. The molecule has 88 valence electrons. The summed E-state index contributed by atoms with van der Waals surface area (Å²) < 4.78 is 62.2. The highest BCUT2D eigenvalue weighted by molar-refractivity contribution is 8.45. The fourth-order valence-corrected chi connectivity index (χ4v) is 1.86. The van der Waals surface area contributed by atoms with E-state index in [9.17, 15) is 19.4 Å². The van der Waals surface area contributed by atoms with Gasteiger partial charge in [-0.25, -0.2) is 0 Å². The average Bonchev–Trinajstić information content (AvgIpc) is 2.13. The molecular weight excluding hydrogens is 249 g/mol. The highest BCUT2D eigenvalue weighted by atomic mass is 32.5. The van der Waals surface area contributed by atoms with Crippen LogP contribution in [0.15, 0.2) is 41.4 Å². The number of hydrogen-bond acceptors (Lipinski definition) is 1. The standard InChI is InChI=1S/C9H6F5NS/c10-16(11,12,13,14)8-5-7-3-1-2-4-9(7)15-6-8/h1-6H. The Morgan fingerprint density at radius 1 is 0.938 bits per heavy atom. The van der Waals surface area contributed by atoms with Gasteiger partial charge in [-0.1, -0.05) is 37.6 Å². The zero-order chi connectivity index (χ0) is 12.1. The second kappa shape index (κ2) is 2.48. The van der Waals surface area contributed by atoms with Crippen molar-refractivity contribution < 1.29 is 19.4 Å². The first-order valence-corrected chi connectivity index (χ1v) is 6.10. The van der Waals surface area contributed by atoms with Gasteiger partial charge < -0.3 is 0 Å². The van der Waals surface area contributed by atoms with Gasteiger partial charge in [0.25, 0.3) is 0 Å². The van der Waals surface area contributed by atoms with Crippen LogP contribution in [-0.2, 0) is 0 Å². The third-order valence-corrected chi connectivity index (χ3v) is 3.12. The SMILES string of the molecule is FS(F)(F)(F)(F)c1cnc2ccccc2c1. The van der Waals surface area contributed by atoms with Crippen LogP contribution < -0.4 is 0 Å². The van der Waals surface area contributed by atoms with Gasteiger partial charge in [-0.15, -0.1) is 0 Å². The molecule has 0 atom stereocenters. The first-order chi connectivity index (χ1) is 7.06. The molecule has 1 heterocycles. The monoisotopic (exact) mass is 255 g/mol. The quantitative estimate of drug-likeness (QED) is 0.661. The summed E-state index contributed by atoms with van der Waals surface area (Å²) in [5.74, 6) is 0. The Labute approximate surface area is 87.6 Å². The number of benzene rings is 1. The number of rotatable bonds is 1. The molecule has 1 nitrogen and oxygen atoms in total. The highest BCUT2D eigenvalue weighted by Crippen LogP contribution is 3.02. The molecule has 0 N–H and O–H groups in total. The molecular formula is C9H6F5NS. The lowest BCUT2D eigenvalue weighted by atomic mass is 10.2. The van der Waals surface area contributed by atoms with Gasteiger partial charge in [-0.3, -0.25) is 4.98 Å². The summed E-state index contributed by atoms with van der Waals surface area (Å²) in [7, 11) is -9.62. The Morgan fingerprint density at radius 3 is 2.19 bits per heavy atom. The summed E-state index contributed by atoms with van der Waals surface area (Å²) in [4.78, 5) is 1.41. The van der Waals surface area contributed by atoms with Crippen LogP contribution >= 0.6 is 10.2 Å². The second-order valence-electron chi connectivity index (χ2n) is 3.33. The predicted molar refractivity (Wildman–Crippen MR) is 53.1 cm³/mol. The molecule has 0 aliphatic carbocycles. The van der Waals surface area contributed by atoms with E-state index in [0.717, 1.165) is 0 Å². The van der Waals surface area contributed by atoms with Crippen molar-refractivity contribution in [2.75, 3.05) is 0 Å². The van der Waals surface area contributed by atoms with Crippen LogP contribution in [-0.4, -0.2) is 4.98 Å². The Hall–Kier alpha value is -1.37. The van der Waals surface area contributed by atoms with E-state index in [1.54, 1.807) is 6.07 Å². The summed E-state index contributed by atoms with van der Waals surface area (Å²) in [6.07, 6.45) is 0.171. The first-order valence-electron chi connectivity index (χ1n) is 4.15. The van der Waals surface area contributed by atoms with E-state index in [0.29, 0.717) is 6.07 Å². The largest absolute Gasteiger partial charge is 0.311 e. The number of hydrogen-bond donors (Lipinski definition) is 0. The summed E-state index contributed by atoms with van der Waals surface area (Å²) in [6, 6.07) is 6.19. The molecule has 2 aromatic rings. The third kappa shape index (κ3) is 2.08. The van der Waals surface area contributed by atoms with Crippen LogP contribution in [0.1, 0.15) is 0 Å². The molecule has 0 aliphatic rings. The van der Waals surface area contributed by atoms with Crippen LogP contribution in [0.3, 0.4) is 0 Å². The molecule has 0 saturated carbocycles. The minimum atomic E-state index is -9.62. The lowest BCUT2D eigenvalue weighted by molar-refractivity contribution is 0.363. The number of aromatic nitrogens is 1. The molecule has 0 spiro atoms. The van der Waals surface area contributed by atoms with E-state index < -0.39 is 15.1 Å². The van der Waals surface area contributed by atoms with Crippen LogP contribution in [0.5, 0.6) is 0 Å². The van der Waals surface area contributed by atoms with Gasteiger partial charge in [0.05, 0.1) is 11.7 Å². The minimum Gasteiger partial charge on any atom is -0.255 e. The lowest BCUT2D eigenvalue weighted by Gasteiger charge is -2.40. The maximum atomic E-state index is 12.4. The topological polar surface area (TPSA) is 12.9 Å². The second-order valence-corrected chi connectivity index (χ2v) is 5.74. The van der Waals surface area contributed by atoms with E-state index in [4.69, 9.17) is 0 Å². The molecule has 0 radical (unpaired) electrons. The van der Waals surface area contributed by atoms with Crippen molar-refractivity contribution in [3.05, 3.63) is 36.5 Å². The number of para-hydroxylation sites is 1. The zero-order valence-corrected chi connectivity index (χ0v) is 8.53. The molecule has 16 heavy (non-hydrogen) atoms. The molecule has 2 rings (SSSR count). The van der Waals surface area contributed by atoms with Crippen molar-refractivity contribution in [3.63, 3.8) is 0 Å². The Bertz CT molecular complexity index is 562. The van der Waals surface area contributed by atoms with Gasteiger partial charge in [0, 0.05) is 5.39 Å². The molecule has 7 heteroatoms. The fraction of sp³-hybridized carbons (Fsp3) is 0. The van der Waals surface area contributed by atoms with E-state index in [1.807, 2.05) is 0 Å². The third-order valence-electron chi connectivity index (χ3n) is 2.01. The number of halogens is 5. The molecule has 0 saturated heterocycles. The lowest BCUT2D eigenvalue weighted by Crippen LogP contribution is -2.06. The molecule has 0 fully saturated rings. The summed E-state index contributed by atoms with van der Waals surface area (Å²) in [5, 5.41) is 0.0354. The van der Waals surface area contributed by atoms with Crippen LogP contribution in [0.25, 0.3) is 10.9 Å². The van der Waals surface area contributed by atoms with Crippen LogP contribution in [0, 0.1) is 0 Å². The average molecular weight is 255 g/mol. The summed E-state index contributed by atoms with van der Waals surface area (Å²) in [6.45, 7) is 0. The maximum absolute atomic E-state index is 12.4. The predicted octanol–water partition coefficient (Wildman–Crippen LogP) is 4.89. The first kappa shape index (κ1) is 11.1. The zero-order valence-electron chi connectivity index (χ0n) is 7.71. The summed E-state index contributed by atoms with van der Waals surface area (Å²) in [5.41, 5.74) is 0.244. The normalized spacial score (nSPS) is 16.8. The Kier molecular flexibility index (Phi) is 1.72. The van der Waals surface area contributed by atoms with Crippen molar-refractivity contribution in [1.82, 2.24) is 4.98 Å². The number of fused-ring (bicyclic) bond motifs is 1. The molecule has 1 aromatic carbocycles. The smallest absolute Gasteiger partial charge is 0.255 e.